The van der Waals surface area contributed by atoms with E-state index in [4.69, 9.17) is 4.74 Å². The van der Waals surface area contributed by atoms with Crippen molar-refractivity contribution in [3.63, 3.8) is 0 Å². The van der Waals surface area contributed by atoms with E-state index in [9.17, 15) is 0 Å². The van der Waals surface area contributed by atoms with Crippen molar-refractivity contribution in [3.8, 4) is 0 Å². The summed E-state index contributed by atoms with van der Waals surface area (Å²) in [4.78, 5) is 2.30. The number of para-hydroxylation sites is 2. The molecule has 1 fully saturated rings. The van der Waals surface area contributed by atoms with E-state index in [1.807, 2.05) is 0 Å². The summed E-state index contributed by atoms with van der Waals surface area (Å²) in [6.07, 6.45) is 5.80. The molecule has 2 aliphatic heterocycles. The molecule has 16 heavy (non-hydrogen) atoms. The lowest BCUT2D eigenvalue weighted by Crippen LogP contribution is -2.16. The zero-order chi connectivity index (χ0) is 10.8. The Morgan fingerprint density at radius 3 is 3.12 bits per heavy atom. The smallest absolute Gasteiger partial charge is 0.101 e. The Kier molecular flexibility index (Phi) is 2.54. The second-order valence-corrected chi connectivity index (χ2v) is 4.20. The minimum absolute atomic E-state index is 0.350. The molecule has 84 valence electrons. The molecular formula is C13H16N2O. The highest BCUT2D eigenvalue weighted by molar-refractivity contribution is 5.71. The number of fused-ring (bicyclic) bond motifs is 1. The summed E-state index contributed by atoms with van der Waals surface area (Å²) in [6.45, 7) is 2.98. The SMILES string of the molecule is C(=CN1CCCNc2ccccc21)C1CO1. The standard InChI is InChI=1S/C13H16N2O/c1-2-5-13-12(4-1)14-7-3-8-15(13)9-6-11-10-16-11/h1-2,4-6,9,11,14H,3,7-8,10H2. The van der Waals surface area contributed by atoms with Gasteiger partial charge in [-0.3, -0.25) is 0 Å². The lowest BCUT2D eigenvalue weighted by Gasteiger charge is -2.19. The van der Waals surface area contributed by atoms with E-state index in [0.717, 1.165) is 26.1 Å². The summed E-state index contributed by atoms with van der Waals surface area (Å²) in [5, 5.41) is 3.45. The third-order valence-electron chi connectivity index (χ3n) is 2.94. The molecule has 0 spiro atoms. The van der Waals surface area contributed by atoms with Gasteiger partial charge >= 0.3 is 0 Å². The Morgan fingerprint density at radius 1 is 1.38 bits per heavy atom. The molecule has 1 aromatic rings. The van der Waals surface area contributed by atoms with Crippen LogP contribution in [0, 0.1) is 0 Å². The molecule has 1 N–H and O–H groups in total. The van der Waals surface area contributed by atoms with Gasteiger partial charge in [-0.1, -0.05) is 12.1 Å². The van der Waals surface area contributed by atoms with Crippen LogP contribution in [0.1, 0.15) is 6.42 Å². The third-order valence-corrected chi connectivity index (χ3v) is 2.94. The lowest BCUT2D eigenvalue weighted by atomic mass is 10.2. The third kappa shape index (κ3) is 2.04. The number of nitrogens with zero attached hydrogens (tertiary/aromatic N) is 1. The molecule has 1 unspecified atom stereocenters. The number of anilines is 2. The van der Waals surface area contributed by atoms with E-state index in [2.05, 4.69) is 46.8 Å². The summed E-state index contributed by atoms with van der Waals surface area (Å²) in [5.74, 6) is 0. The van der Waals surface area contributed by atoms with Crippen molar-refractivity contribution in [3.05, 3.63) is 36.5 Å². The summed E-state index contributed by atoms with van der Waals surface area (Å²) in [7, 11) is 0. The van der Waals surface area contributed by atoms with Crippen molar-refractivity contribution in [1.82, 2.24) is 0 Å². The van der Waals surface area contributed by atoms with Crippen molar-refractivity contribution >= 4 is 11.4 Å². The van der Waals surface area contributed by atoms with E-state index in [-0.39, 0.29) is 0 Å². The fourth-order valence-electron chi connectivity index (χ4n) is 1.99. The monoisotopic (exact) mass is 216 g/mol. The van der Waals surface area contributed by atoms with Gasteiger partial charge in [0, 0.05) is 19.3 Å². The summed E-state index contributed by atoms with van der Waals surface area (Å²) in [6, 6.07) is 8.45. The van der Waals surface area contributed by atoms with Crippen molar-refractivity contribution in [2.45, 2.75) is 12.5 Å². The molecule has 0 saturated carbocycles. The van der Waals surface area contributed by atoms with Crippen LogP contribution in [0.3, 0.4) is 0 Å². The summed E-state index contributed by atoms with van der Waals surface area (Å²) in [5.41, 5.74) is 2.48. The molecular weight excluding hydrogens is 200 g/mol. The molecule has 3 nitrogen and oxygen atoms in total. The van der Waals surface area contributed by atoms with Crippen LogP contribution in [0.15, 0.2) is 36.5 Å². The molecule has 0 aliphatic carbocycles. The molecule has 2 aliphatic rings. The van der Waals surface area contributed by atoms with E-state index < -0.39 is 0 Å². The van der Waals surface area contributed by atoms with E-state index in [0.29, 0.717) is 6.10 Å². The molecule has 3 rings (SSSR count). The summed E-state index contributed by atoms with van der Waals surface area (Å²) >= 11 is 0. The Morgan fingerprint density at radius 2 is 2.25 bits per heavy atom. The number of hydrogen-bond acceptors (Lipinski definition) is 3. The Balaban J connectivity index is 1.86. The fourth-order valence-corrected chi connectivity index (χ4v) is 1.99. The predicted octanol–water partition coefficient (Wildman–Crippen LogP) is 2.22. The molecule has 3 heteroatoms. The maximum absolute atomic E-state index is 5.19. The molecule has 0 radical (unpaired) electrons. The molecule has 0 amide bonds. The van der Waals surface area contributed by atoms with E-state index >= 15 is 0 Å². The number of nitrogens with one attached hydrogen (secondary N) is 1. The van der Waals surface area contributed by atoms with Crippen LogP contribution in [0.2, 0.25) is 0 Å². The highest BCUT2D eigenvalue weighted by atomic mass is 16.6. The minimum atomic E-state index is 0.350. The van der Waals surface area contributed by atoms with Crippen molar-refractivity contribution < 1.29 is 4.74 Å². The van der Waals surface area contributed by atoms with Crippen molar-refractivity contribution in [2.24, 2.45) is 0 Å². The van der Waals surface area contributed by atoms with Gasteiger partial charge in [0.2, 0.25) is 0 Å². The van der Waals surface area contributed by atoms with Crippen molar-refractivity contribution in [2.75, 3.05) is 29.9 Å². The van der Waals surface area contributed by atoms with Crippen LogP contribution in [-0.4, -0.2) is 25.8 Å². The normalized spacial score (nSPS) is 23.8. The Bertz CT molecular complexity index is 399. The van der Waals surface area contributed by atoms with Gasteiger partial charge in [0.15, 0.2) is 0 Å². The first kappa shape index (κ1) is 9.73. The summed E-state index contributed by atoms with van der Waals surface area (Å²) < 4.78 is 5.19. The topological polar surface area (TPSA) is 27.8 Å². The molecule has 1 aromatic carbocycles. The zero-order valence-corrected chi connectivity index (χ0v) is 9.23. The predicted molar refractivity (Wildman–Crippen MR) is 65.8 cm³/mol. The van der Waals surface area contributed by atoms with Crippen LogP contribution in [0.5, 0.6) is 0 Å². The number of hydrogen-bond donors (Lipinski definition) is 1. The van der Waals surface area contributed by atoms with Gasteiger partial charge in [-0.05, 0) is 24.6 Å². The maximum atomic E-state index is 5.19. The van der Waals surface area contributed by atoms with Crippen LogP contribution in [0.4, 0.5) is 11.4 Å². The first-order valence-electron chi connectivity index (χ1n) is 5.83. The van der Waals surface area contributed by atoms with Crippen molar-refractivity contribution in [1.29, 1.82) is 0 Å². The van der Waals surface area contributed by atoms with E-state index in [1.54, 1.807) is 0 Å². The van der Waals surface area contributed by atoms with Gasteiger partial charge in [-0.2, -0.15) is 0 Å². The van der Waals surface area contributed by atoms with Gasteiger partial charge in [-0.15, -0.1) is 0 Å². The lowest BCUT2D eigenvalue weighted by molar-refractivity contribution is 0.439. The van der Waals surface area contributed by atoms with Gasteiger partial charge in [0.1, 0.15) is 6.10 Å². The van der Waals surface area contributed by atoms with Gasteiger partial charge in [-0.25, -0.2) is 0 Å². The fraction of sp³-hybridized carbons (Fsp3) is 0.385. The quantitative estimate of drug-likeness (QED) is 0.768. The van der Waals surface area contributed by atoms with Crippen LogP contribution < -0.4 is 10.2 Å². The number of rotatable bonds is 2. The van der Waals surface area contributed by atoms with Gasteiger partial charge in [0.05, 0.1) is 18.0 Å². The van der Waals surface area contributed by atoms with Gasteiger partial charge < -0.3 is 15.0 Å². The van der Waals surface area contributed by atoms with Crippen LogP contribution >= 0.6 is 0 Å². The van der Waals surface area contributed by atoms with Crippen LogP contribution in [-0.2, 0) is 4.74 Å². The molecule has 0 aromatic heterocycles. The molecule has 2 heterocycles. The molecule has 1 saturated heterocycles. The highest BCUT2D eigenvalue weighted by Crippen LogP contribution is 2.28. The first-order valence-corrected chi connectivity index (χ1v) is 5.83. The average molecular weight is 216 g/mol. The average Bonchev–Trinajstić information content (AvgIpc) is 3.13. The Labute approximate surface area is 95.7 Å². The maximum Gasteiger partial charge on any atom is 0.101 e. The number of epoxide rings is 1. The van der Waals surface area contributed by atoms with E-state index in [1.165, 1.54) is 11.4 Å². The first-order chi connectivity index (χ1) is 7.93. The Hall–Kier alpha value is -1.48. The number of ether oxygens (including phenoxy) is 1. The number of benzene rings is 1. The highest BCUT2D eigenvalue weighted by Gasteiger charge is 2.19. The zero-order valence-electron chi connectivity index (χ0n) is 9.23. The van der Waals surface area contributed by atoms with Crippen LogP contribution in [0.25, 0.3) is 0 Å². The second-order valence-electron chi connectivity index (χ2n) is 4.20. The van der Waals surface area contributed by atoms with Gasteiger partial charge in [0.25, 0.3) is 0 Å². The molecule has 1 atom stereocenters. The minimum Gasteiger partial charge on any atom is -0.383 e. The second kappa shape index (κ2) is 4.18. The largest absolute Gasteiger partial charge is 0.383 e. The molecule has 0 bridgehead atoms.